The fourth-order valence-electron chi connectivity index (χ4n) is 3.52. The third-order valence-electron chi connectivity index (χ3n) is 4.98. The molecule has 6 nitrogen and oxygen atoms in total. The fourth-order valence-corrected chi connectivity index (χ4v) is 5.30. The molecule has 2 fully saturated rings. The van der Waals surface area contributed by atoms with Gasteiger partial charge in [-0.2, -0.15) is 0 Å². The van der Waals surface area contributed by atoms with Crippen molar-refractivity contribution in [2.75, 3.05) is 30.0 Å². The summed E-state index contributed by atoms with van der Waals surface area (Å²) in [6.45, 7) is 2.29. The van der Waals surface area contributed by atoms with E-state index in [1.165, 1.54) is 4.90 Å². The molecular weight excluding hydrogens is 328 g/mol. The quantitative estimate of drug-likeness (QED) is 0.815. The first-order valence-corrected chi connectivity index (χ1v) is 9.94. The summed E-state index contributed by atoms with van der Waals surface area (Å²) in [6.07, 6.45) is 0.656. The summed E-state index contributed by atoms with van der Waals surface area (Å²) in [4.78, 5) is 28.2. The number of hydrogen-bond acceptors (Lipinski definition) is 4. The van der Waals surface area contributed by atoms with E-state index in [0.717, 1.165) is 11.3 Å². The number of hydrogen-bond donors (Lipinski definition) is 0. The number of nitrogens with zero attached hydrogens (tertiary/aromatic N) is 2. The van der Waals surface area contributed by atoms with Crippen molar-refractivity contribution in [2.24, 2.45) is 5.92 Å². The lowest BCUT2D eigenvalue weighted by Crippen LogP contribution is -2.42. The van der Waals surface area contributed by atoms with E-state index >= 15 is 0 Å². The van der Waals surface area contributed by atoms with Gasteiger partial charge in [0.15, 0.2) is 9.84 Å². The molecule has 3 rings (SSSR count). The Balaban J connectivity index is 1.71. The Morgan fingerprint density at radius 2 is 2.00 bits per heavy atom. The van der Waals surface area contributed by atoms with Crippen molar-refractivity contribution in [1.82, 2.24) is 4.90 Å². The molecular formula is C17H22N2O4S. The highest BCUT2D eigenvalue weighted by Gasteiger charge is 2.40. The van der Waals surface area contributed by atoms with E-state index in [9.17, 15) is 18.0 Å². The third-order valence-corrected chi connectivity index (χ3v) is 6.73. The minimum Gasteiger partial charge on any atom is -0.341 e. The first-order valence-electron chi connectivity index (χ1n) is 8.11. The Bertz CT molecular complexity index is 775. The van der Waals surface area contributed by atoms with Crippen molar-refractivity contribution < 1.29 is 18.0 Å². The molecule has 130 valence electrons. The number of rotatable bonds is 3. The van der Waals surface area contributed by atoms with Crippen molar-refractivity contribution in [3.63, 3.8) is 0 Å². The van der Waals surface area contributed by atoms with E-state index < -0.39 is 15.8 Å². The van der Waals surface area contributed by atoms with Crippen LogP contribution in [-0.4, -0.2) is 56.3 Å². The number of aryl methyl sites for hydroxylation is 1. The lowest BCUT2D eigenvalue weighted by molar-refractivity contribution is -0.136. The molecule has 0 N–H and O–H groups in total. The van der Waals surface area contributed by atoms with E-state index in [2.05, 4.69) is 0 Å². The maximum absolute atomic E-state index is 12.7. The summed E-state index contributed by atoms with van der Waals surface area (Å²) in [6, 6.07) is 7.34. The Labute approximate surface area is 142 Å². The van der Waals surface area contributed by atoms with Crippen molar-refractivity contribution in [1.29, 1.82) is 0 Å². The molecule has 1 aromatic rings. The topological polar surface area (TPSA) is 74.8 Å². The van der Waals surface area contributed by atoms with Crippen molar-refractivity contribution in [3.05, 3.63) is 29.8 Å². The highest BCUT2D eigenvalue weighted by molar-refractivity contribution is 7.91. The van der Waals surface area contributed by atoms with Gasteiger partial charge in [0.2, 0.25) is 11.8 Å². The summed E-state index contributed by atoms with van der Waals surface area (Å²) in [5.41, 5.74) is 1.83. The van der Waals surface area contributed by atoms with E-state index in [-0.39, 0.29) is 35.8 Å². The number of carbonyl (C=O) groups is 2. The zero-order valence-corrected chi connectivity index (χ0v) is 14.8. The van der Waals surface area contributed by atoms with Crippen molar-refractivity contribution in [3.8, 4) is 0 Å². The largest absolute Gasteiger partial charge is 0.341 e. The molecule has 2 heterocycles. The SMILES string of the molecule is Cc1ccccc1N1CC(C(=O)N(C)C2CCS(=O)(=O)C2)CC1=O. The lowest BCUT2D eigenvalue weighted by atomic mass is 10.1. The van der Waals surface area contributed by atoms with Gasteiger partial charge in [0.25, 0.3) is 0 Å². The number of anilines is 1. The summed E-state index contributed by atoms with van der Waals surface area (Å²) in [5.74, 6) is -0.451. The molecule has 7 heteroatoms. The van der Waals surface area contributed by atoms with Crippen LogP contribution in [0.15, 0.2) is 24.3 Å². The molecule has 2 saturated heterocycles. The van der Waals surface area contributed by atoms with Crippen LogP contribution in [0.3, 0.4) is 0 Å². The van der Waals surface area contributed by atoms with Gasteiger partial charge in [-0.25, -0.2) is 8.42 Å². The van der Waals surface area contributed by atoms with E-state index in [4.69, 9.17) is 0 Å². The zero-order chi connectivity index (χ0) is 17.5. The molecule has 0 aliphatic carbocycles. The molecule has 2 aliphatic rings. The molecule has 2 aliphatic heterocycles. The van der Waals surface area contributed by atoms with Gasteiger partial charge in [-0.15, -0.1) is 0 Å². The second-order valence-corrected chi connectivity index (χ2v) is 8.93. The first-order chi connectivity index (χ1) is 11.3. The van der Waals surface area contributed by atoms with Crippen LogP contribution >= 0.6 is 0 Å². The van der Waals surface area contributed by atoms with Crippen molar-refractivity contribution >= 4 is 27.3 Å². The summed E-state index contributed by atoms with van der Waals surface area (Å²) in [7, 11) is -1.39. The molecule has 2 unspecified atom stereocenters. The predicted molar refractivity (Wildman–Crippen MR) is 91.5 cm³/mol. The number of sulfone groups is 1. The second-order valence-electron chi connectivity index (χ2n) is 6.70. The lowest BCUT2D eigenvalue weighted by Gasteiger charge is -2.26. The van der Waals surface area contributed by atoms with Gasteiger partial charge >= 0.3 is 0 Å². The third kappa shape index (κ3) is 3.17. The zero-order valence-electron chi connectivity index (χ0n) is 13.9. The van der Waals surface area contributed by atoms with Crippen LogP contribution in [0.2, 0.25) is 0 Å². The standard InChI is InChI=1S/C17H22N2O4S/c1-12-5-3-4-6-15(12)19-10-13(9-16(19)20)17(21)18(2)14-7-8-24(22,23)11-14/h3-6,13-14H,7-11H2,1-2H3. The summed E-state index contributed by atoms with van der Waals surface area (Å²) >= 11 is 0. The van der Waals surface area contributed by atoms with Crippen LogP contribution in [0.5, 0.6) is 0 Å². The molecule has 2 amide bonds. The highest BCUT2D eigenvalue weighted by atomic mass is 32.2. The number of amides is 2. The Kier molecular flexibility index (Phi) is 4.38. The van der Waals surface area contributed by atoms with E-state index in [0.29, 0.717) is 13.0 Å². The molecule has 1 aromatic carbocycles. The Morgan fingerprint density at radius 1 is 1.29 bits per heavy atom. The fraction of sp³-hybridized carbons (Fsp3) is 0.529. The maximum Gasteiger partial charge on any atom is 0.228 e. The van der Waals surface area contributed by atoms with Crippen LogP contribution in [-0.2, 0) is 19.4 Å². The molecule has 0 radical (unpaired) electrons. The monoisotopic (exact) mass is 350 g/mol. The van der Waals surface area contributed by atoms with Gasteiger partial charge in [0, 0.05) is 31.7 Å². The minimum atomic E-state index is -3.04. The number of benzene rings is 1. The molecule has 0 bridgehead atoms. The van der Waals surface area contributed by atoms with Crippen LogP contribution in [0, 0.1) is 12.8 Å². The first kappa shape index (κ1) is 17.0. The molecule has 2 atom stereocenters. The predicted octanol–water partition coefficient (Wildman–Crippen LogP) is 0.993. The average molecular weight is 350 g/mol. The van der Waals surface area contributed by atoms with Crippen LogP contribution < -0.4 is 4.90 Å². The molecule has 0 saturated carbocycles. The van der Waals surface area contributed by atoms with E-state index in [1.54, 1.807) is 11.9 Å². The Hall–Kier alpha value is -1.89. The minimum absolute atomic E-state index is 0.0252. The number of para-hydroxylation sites is 1. The normalized spacial score (nSPS) is 25.9. The van der Waals surface area contributed by atoms with Gasteiger partial charge in [-0.05, 0) is 25.0 Å². The number of carbonyl (C=O) groups excluding carboxylic acids is 2. The van der Waals surface area contributed by atoms with Gasteiger partial charge in [-0.1, -0.05) is 18.2 Å². The van der Waals surface area contributed by atoms with Gasteiger partial charge < -0.3 is 9.80 Å². The van der Waals surface area contributed by atoms with Gasteiger partial charge in [0.05, 0.1) is 17.4 Å². The summed E-state index contributed by atoms with van der Waals surface area (Å²) < 4.78 is 23.2. The Morgan fingerprint density at radius 3 is 2.62 bits per heavy atom. The van der Waals surface area contributed by atoms with Crippen LogP contribution in [0.4, 0.5) is 5.69 Å². The average Bonchev–Trinajstić information content (AvgIpc) is 3.09. The van der Waals surface area contributed by atoms with Crippen LogP contribution in [0.25, 0.3) is 0 Å². The van der Waals surface area contributed by atoms with Crippen LogP contribution in [0.1, 0.15) is 18.4 Å². The summed E-state index contributed by atoms with van der Waals surface area (Å²) in [5, 5.41) is 0. The maximum atomic E-state index is 12.7. The van der Waals surface area contributed by atoms with Gasteiger partial charge in [-0.3, -0.25) is 9.59 Å². The second kappa shape index (κ2) is 6.20. The van der Waals surface area contributed by atoms with Crippen molar-refractivity contribution in [2.45, 2.75) is 25.8 Å². The smallest absolute Gasteiger partial charge is 0.228 e. The highest BCUT2D eigenvalue weighted by Crippen LogP contribution is 2.29. The molecule has 0 spiro atoms. The van der Waals surface area contributed by atoms with Gasteiger partial charge in [0.1, 0.15) is 0 Å². The van der Waals surface area contributed by atoms with E-state index in [1.807, 2.05) is 31.2 Å². The molecule has 0 aromatic heterocycles. The molecule has 24 heavy (non-hydrogen) atoms.